The highest BCUT2D eigenvalue weighted by molar-refractivity contribution is 5.69. The Hall–Kier alpha value is -3.38. The summed E-state index contributed by atoms with van der Waals surface area (Å²) >= 11 is 0. The molecule has 152 valence electrons. The minimum atomic E-state index is 0.285. The molecule has 0 amide bonds. The van der Waals surface area contributed by atoms with Crippen molar-refractivity contribution in [3.63, 3.8) is 0 Å². The van der Waals surface area contributed by atoms with Gasteiger partial charge >= 0.3 is 0 Å². The van der Waals surface area contributed by atoms with E-state index in [9.17, 15) is 5.26 Å². The van der Waals surface area contributed by atoms with E-state index in [2.05, 4.69) is 26.5 Å². The number of nitrogens with zero attached hydrogens (tertiary/aromatic N) is 5. The van der Waals surface area contributed by atoms with Crippen LogP contribution in [0.15, 0.2) is 18.2 Å². The molecule has 0 fully saturated rings. The number of nitriles is 1. The van der Waals surface area contributed by atoms with Crippen molar-refractivity contribution >= 4 is 17.3 Å². The highest BCUT2D eigenvalue weighted by Crippen LogP contribution is 2.25. The molecule has 0 atom stereocenters. The third-order valence-electron chi connectivity index (χ3n) is 4.55. The van der Waals surface area contributed by atoms with Crippen LogP contribution in [0.3, 0.4) is 0 Å². The van der Waals surface area contributed by atoms with Crippen LogP contribution < -0.4 is 15.8 Å². The van der Waals surface area contributed by atoms with Gasteiger partial charge in [0.1, 0.15) is 29.9 Å². The molecule has 0 saturated carbocycles. The summed E-state index contributed by atoms with van der Waals surface area (Å²) in [6.07, 6.45) is 1.42. The first-order valence-electron chi connectivity index (χ1n) is 9.48. The first kappa shape index (κ1) is 20.4. The Morgan fingerprint density at radius 3 is 2.83 bits per heavy atom. The number of nitrogens with two attached hydrogens (primary N) is 1. The number of nitrogen functional groups attached to an aromatic ring is 1. The molecule has 3 aromatic heterocycles. The highest BCUT2D eigenvalue weighted by atomic mass is 16.5. The summed E-state index contributed by atoms with van der Waals surface area (Å²) in [7, 11) is 1.63. The number of nitrogens with one attached hydrogen (secondary N) is 1. The van der Waals surface area contributed by atoms with Gasteiger partial charge in [0.2, 0.25) is 5.88 Å². The predicted octanol–water partition coefficient (Wildman–Crippen LogP) is 2.13. The van der Waals surface area contributed by atoms with Gasteiger partial charge in [0, 0.05) is 37.4 Å². The molecule has 0 aliphatic carbocycles. The molecule has 0 bridgehead atoms. The Balaban J connectivity index is 1.75. The van der Waals surface area contributed by atoms with Crippen LogP contribution in [-0.4, -0.2) is 46.5 Å². The van der Waals surface area contributed by atoms with Crippen LogP contribution in [0.1, 0.15) is 29.4 Å². The van der Waals surface area contributed by atoms with E-state index < -0.39 is 0 Å². The Morgan fingerprint density at radius 2 is 2.10 bits per heavy atom. The van der Waals surface area contributed by atoms with E-state index in [1.807, 2.05) is 32.0 Å². The van der Waals surface area contributed by atoms with E-state index in [0.29, 0.717) is 43.5 Å². The lowest BCUT2D eigenvalue weighted by Crippen LogP contribution is -2.13. The number of rotatable bonds is 9. The minimum Gasteiger partial charge on any atom is -0.475 e. The van der Waals surface area contributed by atoms with E-state index >= 15 is 0 Å². The average Bonchev–Trinajstić information content (AvgIpc) is 3.04. The zero-order valence-corrected chi connectivity index (χ0v) is 16.9. The fraction of sp³-hybridized carbons (Fsp3) is 0.400. The molecule has 3 rings (SSSR count). The van der Waals surface area contributed by atoms with E-state index in [1.54, 1.807) is 11.6 Å². The van der Waals surface area contributed by atoms with Crippen molar-refractivity contribution in [3.8, 4) is 11.9 Å². The van der Waals surface area contributed by atoms with Gasteiger partial charge in [-0.1, -0.05) is 13.0 Å². The summed E-state index contributed by atoms with van der Waals surface area (Å²) in [6.45, 7) is 5.46. The molecule has 0 unspecified atom stereocenters. The van der Waals surface area contributed by atoms with E-state index in [0.717, 1.165) is 23.4 Å². The van der Waals surface area contributed by atoms with Crippen LogP contribution in [0, 0.1) is 18.3 Å². The molecular weight excluding hydrogens is 370 g/mol. The number of anilines is 2. The SMILES string of the molecule is CCc1c(C)nn2c(N)c(C#N)c(NCCc3cccc(OCCOC)n3)nc12. The Kier molecular flexibility index (Phi) is 6.46. The molecule has 3 heterocycles. The normalized spacial score (nSPS) is 10.8. The lowest BCUT2D eigenvalue weighted by molar-refractivity contribution is 0.143. The van der Waals surface area contributed by atoms with Crippen molar-refractivity contribution in [2.75, 3.05) is 37.9 Å². The number of aryl methyl sites for hydroxylation is 2. The van der Waals surface area contributed by atoms with Gasteiger partial charge in [-0.05, 0) is 19.4 Å². The molecule has 3 N–H and O–H groups in total. The number of aromatic nitrogens is 4. The zero-order chi connectivity index (χ0) is 20.8. The summed E-state index contributed by atoms with van der Waals surface area (Å²) in [5, 5.41) is 17.2. The number of methoxy groups -OCH3 is 1. The summed E-state index contributed by atoms with van der Waals surface area (Å²) in [5.74, 6) is 1.30. The Labute approximate surface area is 169 Å². The van der Waals surface area contributed by atoms with Crippen molar-refractivity contribution in [1.82, 2.24) is 19.6 Å². The first-order chi connectivity index (χ1) is 14.1. The van der Waals surface area contributed by atoms with Gasteiger partial charge < -0.3 is 20.5 Å². The maximum Gasteiger partial charge on any atom is 0.213 e. The average molecular weight is 395 g/mol. The molecular formula is C20H25N7O2. The summed E-state index contributed by atoms with van der Waals surface area (Å²) < 4.78 is 12.1. The molecule has 0 saturated heterocycles. The van der Waals surface area contributed by atoms with Gasteiger partial charge in [-0.2, -0.15) is 14.9 Å². The second-order valence-electron chi connectivity index (χ2n) is 6.47. The summed E-state index contributed by atoms with van der Waals surface area (Å²) in [5.41, 5.74) is 9.90. The summed E-state index contributed by atoms with van der Waals surface area (Å²) in [6, 6.07) is 7.77. The molecule has 0 aliphatic heterocycles. The van der Waals surface area contributed by atoms with Crippen molar-refractivity contribution in [1.29, 1.82) is 5.26 Å². The molecule has 0 aliphatic rings. The predicted molar refractivity (Wildman–Crippen MR) is 110 cm³/mol. The van der Waals surface area contributed by atoms with E-state index in [1.165, 1.54) is 0 Å². The lowest BCUT2D eigenvalue weighted by Gasteiger charge is -2.11. The molecule has 0 radical (unpaired) electrons. The summed E-state index contributed by atoms with van der Waals surface area (Å²) in [4.78, 5) is 9.10. The zero-order valence-electron chi connectivity index (χ0n) is 16.9. The van der Waals surface area contributed by atoms with Gasteiger partial charge in [-0.15, -0.1) is 0 Å². The van der Waals surface area contributed by atoms with Crippen LogP contribution in [0.4, 0.5) is 11.6 Å². The van der Waals surface area contributed by atoms with Gasteiger partial charge in [0.25, 0.3) is 0 Å². The van der Waals surface area contributed by atoms with Crippen molar-refractivity contribution < 1.29 is 9.47 Å². The van der Waals surface area contributed by atoms with E-state index in [-0.39, 0.29) is 11.4 Å². The smallest absolute Gasteiger partial charge is 0.213 e. The second-order valence-corrected chi connectivity index (χ2v) is 6.47. The standard InChI is InChI=1S/C20H25N7O2/c1-4-15-13(2)26-27-18(22)16(12-21)19(25-20(15)27)23-9-8-14-6-5-7-17(24-14)29-11-10-28-3/h5-7H,4,8-11,22H2,1-3H3,(H,23,25). The number of hydrogen-bond acceptors (Lipinski definition) is 8. The lowest BCUT2D eigenvalue weighted by atomic mass is 10.2. The number of pyridine rings is 1. The van der Waals surface area contributed by atoms with Gasteiger partial charge in [-0.25, -0.2) is 9.97 Å². The van der Waals surface area contributed by atoms with Crippen molar-refractivity contribution in [2.24, 2.45) is 0 Å². The Morgan fingerprint density at radius 1 is 1.28 bits per heavy atom. The highest BCUT2D eigenvalue weighted by Gasteiger charge is 2.18. The molecule has 3 aromatic rings. The largest absolute Gasteiger partial charge is 0.475 e. The number of hydrogen-bond donors (Lipinski definition) is 2. The topological polar surface area (TPSA) is 123 Å². The second kappa shape index (κ2) is 9.21. The molecule has 9 nitrogen and oxygen atoms in total. The Bertz CT molecular complexity index is 1040. The molecule has 29 heavy (non-hydrogen) atoms. The van der Waals surface area contributed by atoms with Crippen molar-refractivity contribution in [3.05, 3.63) is 40.7 Å². The van der Waals surface area contributed by atoms with Crippen LogP contribution >= 0.6 is 0 Å². The quantitative estimate of drug-likeness (QED) is 0.528. The van der Waals surface area contributed by atoms with Crippen LogP contribution in [0.5, 0.6) is 5.88 Å². The maximum absolute atomic E-state index is 9.56. The van der Waals surface area contributed by atoms with E-state index in [4.69, 9.17) is 15.2 Å². The maximum atomic E-state index is 9.56. The van der Waals surface area contributed by atoms with Crippen LogP contribution in [0.25, 0.3) is 5.65 Å². The van der Waals surface area contributed by atoms with Crippen molar-refractivity contribution in [2.45, 2.75) is 26.7 Å². The molecule has 0 aromatic carbocycles. The van der Waals surface area contributed by atoms with Crippen LogP contribution in [0.2, 0.25) is 0 Å². The fourth-order valence-electron chi connectivity index (χ4n) is 3.09. The van der Waals surface area contributed by atoms with Crippen LogP contribution in [-0.2, 0) is 17.6 Å². The minimum absolute atomic E-state index is 0.285. The number of fused-ring (bicyclic) bond motifs is 1. The van der Waals surface area contributed by atoms with Gasteiger partial charge in [-0.3, -0.25) is 0 Å². The first-order valence-corrected chi connectivity index (χ1v) is 9.48. The van der Waals surface area contributed by atoms with Gasteiger partial charge in [0.15, 0.2) is 5.65 Å². The molecule has 0 spiro atoms. The monoisotopic (exact) mass is 395 g/mol. The van der Waals surface area contributed by atoms with Gasteiger partial charge in [0.05, 0.1) is 12.3 Å². The number of ether oxygens (including phenoxy) is 2. The third-order valence-corrected chi connectivity index (χ3v) is 4.55. The fourth-order valence-corrected chi connectivity index (χ4v) is 3.09. The third kappa shape index (κ3) is 4.38. The molecule has 9 heteroatoms.